The number of nitrogens with two attached hydrogens (primary N) is 1. The van der Waals surface area contributed by atoms with E-state index in [2.05, 4.69) is 4.98 Å². The fraction of sp³-hybridized carbons (Fsp3) is 0.100. The Morgan fingerprint density at radius 1 is 1.31 bits per heavy atom. The summed E-state index contributed by atoms with van der Waals surface area (Å²) in [7, 11) is 1.58. The van der Waals surface area contributed by atoms with Crippen molar-refractivity contribution in [1.29, 1.82) is 0 Å². The number of nitrogen functional groups attached to an aromatic ring is 1. The monoisotopic (exact) mass is 174 g/mol. The molecule has 1 heterocycles. The van der Waals surface area contributed by atoms with Crippen LogP contribution in [0.3, 0.4) is 0 Å². The normalized spacial score (nSPS) is 10.2. The van der Waals surface area contributed by atoms with Crippen LogP contribution in [0.4, 0.5) is 5.82 Å². The Hall–Kier alpha value is -1.77. The minimum Gasteiger partial charge on any atom is -0.481 e. The van der Waals surface area contributed by atoms with Crippen LogP contribution in [0.15, 0.2) is 30.3 Å². The van der Waals surface area contributed by atoms with E-state index in [0.717, 1.165) is 10.8 Å². The van der Waals surface area contributed by atoms with Crippen LogP contribution in [0, 0.1) is 0 Å². The van der Waals surface area contributed by atoms with Crippen molar-refractivity contribution in [3.63, 3.8) is 0 Å². The van der Waals surface area contributed by atoms with E-state index < -0.39 is 0 Å². The fourth-order valence-corrected chi connectivity index (χ4v) is 1.30. The van der Waals surface area contributed by atoms with Crippen LogP contribution in [-0.2, 0) is 0 Å². The minimum atomic E-state index is 0.509. The summed E-state index contributed by atoms with van der Waals surface area (Å²) in [5.41, 5.74) is 5.74. The number of hydrogen-bond donors (Lipinski definition) is 1. The largest absolute Gasteiger partial charge is 0.481 e. The Morgan fingerprint density at radius 2 is 2.08 bits per heavy atom. The molecule has 0 aliphatic carbocycles. The lowest BCUT2D eigenvalue weighted by molar-refractivity contribution is 0.399. The maximum Gasteiger partial charge on any atom is 0.215 e. The molecular weight excluding hydrogens is 164 g/mol. The molecule has 0 saturated heterocycles. The van der Waals surface area contributed by atoms with E-state index in [0.29, 0.717) is 11.7 Å². The standard InChI is InChI=1S/C10H10N2O/c1-13-9-6-7-4-2-3-5-8(7)10(11)12-9/h2-6H,1H3,(H2,11,12). The van der Waals surface area contributed by atoms with Crippen LogP contribution in [0.5, 0.6) is 5.88 Å². The van der Waals surface area contributed by atoms with Crippen LogP contribution < -0.4 is 10.5 Å². The summed E-state index contributed by atoms with van der Waals surface area (Å²) in [5, 5.41) is 2.01. The predicted octanol–water partition coefficient (Wildman–Crippen LogP) is 1.83. The molecule has 0 aliphatic rings. The van der Waals surface area contributed by atoms with Gasteiger partial charge in [-0.15, -0.1) is 0 Å². The maximum absolute atomic E-state index is 5.74. The number of aromatic nitrogens is 1. The number of ether oxygens (including phenoxy) is 1. The smallest absolute Gasteiger partial charge is 0.215 e. The minimum absolute atomic E-state index is 0.509. The first kappa shape index (κ1) is 7.86. The number of hydrogen-bond acceptors (Lipinski definition) is 3. The molecule has 3 nitrogen and oxygen atoms in total. The highest BCUT2D eigenvalue weighted by molar-refractivity contribution is 5.91. The molecule has 0 bridgehead atoms. The number of fused-ring (bicyclic) bond motifs is 1. The van der Waals surface area contributed by atoms with Gasteiger partial charge in [0.2, 0.25) is 5.88 Å². The van der Waals surface area contributed by atoms with Gasteiger partial charge in [-0.25, -0.2) is 0 Å². The van der Waals surface area contributed by atoms with Gasteiger partial charge < -0.3 is 10.5 Å². The van der Waals surface area contributed by atoms with Crippen LogP contribution in [0.25, 0.3) is 10.8 Å². The zero-order valence-electron chi connectivity index (χ0n) is 7.32. The van der Waals surface area contributed by atoms with Gasteiger partial charge in [0.1, 0.15) is 5.82 Å². The number of rotatable bonds is 1. The van der Waals surface area contributed by atoms with Gasteiger partial charge in [-0.2, -0.15) is 4.98 Å². The molecule has 2 aromatic rings. The molecule has 1 aromatic heterocycles. The fourth-order valence-electron chi connectivity index (χ4n) is 1.30. The Bertz CT molecular complexity index is 440. The quantitative estimate of drug-likeness (QED) is 0.717. The average Bonchev–Trinajstić information content (AvgIpc) is 2.18. The highest BCUT2D eigenvalue weighted by Crippen LogP contribution is 2.22. The predicted molar refractivity (Wildman–Crippen MR) is 52.7 cm³/mol. The maximum atomic E-state index is 5.74. The van der Waals surface area contributed by atoms with Gasteiger partial charge in [-0.3, -0.25) is 0 Å². The van der Waals surface area contributed by atoms with Crippen molar-refractivity contribution in [2.24, 2.45) is 0 Å². The van der Waals surface area contributed by atoms with Crippen molar-refractivity contribution in [1.82, 2.24) is 4.98 Å². The van der Waals surface area contributed by atoms with Gasteiger partial charge in [-0.05, 0) is 5.39 Å². The molecule has 0 fully saturated rings. The van der Waals surface area contributed by atoms with Gasteiger partial charge in [0, 0.05) is 11.5 Å². The molecule has 0 radical (unpaired) electrons. The van der Waals surface area contributed by atoms with E-state index in [9.17, 15) is 0 Å². The highest BCUT2D eigenvalue weighted by Gasteiger charge is 2.01. The van der Waals surface area contributed by atoms with Crippen LogP contribution in [0.2, 0.25) is 0 Å². The first-order chi connectivity index (χ1) is 6.31. The van der Waals surface area contributed by atoms with E-state index in [4.69, 9.17) is 10.5 Å². The molecule has 13 heavy (non-hydrogen) atoms. The number of nitrogens with zero attached hydrogens (tertiary/aromatic N) is 1. The van der Waals surface area contributed by atoms with Gasteiger partial charge in [0.25, 0.3) is 0 Å². The van der Waals surface area contributed by atoms with E-state index >= 15 is 0 Å². The second kappa shape index (κ2) is 2.94. The van der Waals surface area contributed by atoms with Crippen molar-refractivity contribution < 1.29 is 4.74 Å². The van der Waals surface area contributed by atoms with Crippen LogP contribution >= 0.6 is 0 Å². The molecule has 0 atom stereocenters. The van der Waals surface area contributed by atoms with E-state index in [-0.39, 0.29) is 0 Å². The molecule has 1 aromatic carbocycles. The van der Waals surface area contributed by atoms with Crippen LogP contribution in [0.1, 0.15) is 0 Å². The van der Waals surface area contributed by atoms with Crippen molar-refractivity contribution in [2.45, 2.75) is 0 Å². The molecule has 3 heteroatoms. The number of pyridine rings is 1. The summed E-state index contributed by atoms with van der Waals surface area (Å²) in [5.74, 6) is 1.06. The van der Waals surface area contributed by atoms with Gasteiger partial charge in [0.15, 0.2) is 0 Å². The third kappa shape index (κ3) is 1.28. The molecule has 0 amide bonds. The third-order valence-corrected chi connectivity index (χ3v) is 1.96. The van der Waals surface area contributed by atoms with E-state index in [1.54, 1.807) is 7.11 Å². The Kier molecular flexibility index (Phi) is 1.77. The summed E-state index contributed by atoms with van der Waals surface area (Å²) >= 11 is 0. The molecule has 0 saturated carbocycles. The first-order valence-electron chi connectivity index (χ1n) is 4.00. The molecule has 0 spiro atoms. The van der Waals surface area contributed by atoms with Crippen molar-refractivity contribution in [3.8, 4) is 5.88 Å². The SMILES string of the molecule is COc1cc2ccccc2c(N)n1. The van der Waals surface area contributed by atoms with E-state index in [1.165, 1.54) is 0 Å². The molecular formula is C10H10N2O. The Labute approximate surface area is 76.2 Å². The summed E-state index contributed by atoms with van der Waals surface area (Å²) in [4.78, 5) is 4.08. The Morgan fingerprint density at radius 3 is 2.85 bits per heavy atom. The van der Waals surface area contributed by atoms with Crippen molar-refractivity contribution in [3.05, 3.63) is 30.3 Å². The van der Waals surface area contributed by atoms with Gasteiger partial charge >= 0.3 is 0 Å². The molecule has 2 rings (SSSR count). The molecule has 0 unspecified atom stereocenters. The lowest BCUT2D eigenvalue weighted by Crippen LogP contribution is -1.94. The summed E-state index contributed by atoms with van der Waals surface area (Å²) in [6, 6.07) is 9.69. The Balaban J connectivity index is 2.77. The lowest BCUT2D eigenvalue weighted by Gasteiger charge is -2.03. The summed E-state index contributed by atoms with van der Waals surface area (Å²) in [6.45, 7) is 0. The summed E-state index contributed by atoms with van der Waals surface area (Å²) in [6.07, 6.45) is 0. The topological polar surface area (TPSA) is 48.1 Å². The first-order valence-corrected chi connectivity index (χ1v) is 4.00. The van der Waals surface area contributed by atoms with E-state index in [1.807, 2.05) is 30.3 Å². The van der Waals surface area contributed by atoms with Gasteiger partial charge in [0.05, 0.1) is 7.11 Å². The average molecular weight is 174 g/mol. The lowest BCUT2D eigenvalue weighted by atomic mass is 10.1. The van der Waals surface area contributed by atoms with Crippen molar-refractivity contribution in [2.75, 3.05) is 12.8 Å². The molecule has 0 aliphatic heterocycles. The third-order valence-electron chi connectivity index (χ3n) is 1.96. The summed E-state index contributed by atoms with van der Waals surface area (Å²) < 4.78 is 5.01. The van der Waals surface area contributed by atoms with Crippen LogP contribution in [-0.4, -0.2) is 12.1 Å². The van der Waals surface area contributed by atoms with Gasteiger partial charge in [-0.1, -0.05) is 24.3 Å². The highest BCUT2D eigenvalue weighted by atomic mass is 16.5. The molecule has 2 N–H and O–H groups in total. The zero-order chi connectivity index (χ0) is 9.26. The zero-order valence-corrected chi connectivity index (χ0v) is 7.32. The number of anilines is 1. The molecule has 66 valence electrons. The number of benzene rings is 1. The number of methoxy groups -OCH3 is 1. The van der Waals surface area contributed by atoms with Crippen molar-refractivity contribution >= 4 is 16.6 Å². The second-order valence-electron chi connectivity index (χ2n) is 2.77. The second-order valence-corrected chi connectivity index (χ2v) is 2.77.